The largest absolute Gasteiger partial charge is 0.377 e. The van der Waals surface area contributed by atoms with Crippen molar-refractivity contribution >= 4 is 35.8 Å². The molecule has 0 saturated heterocycles. The Balaban J connectivity index is 0.00000300. The molecule has 1 atom stereocenters. The molecule has 0 bridgehead atoms. The van der Waals surface area contributed by atoms with Crippen molar-refractivity contribution in [2.24, 2.45) is 4.99 Å². The first kappa shape index (κ1) is 23.1. The Morgan fingerprint density at radius 1 is 1.34 bits per heavy atom. The van der Waals surface area contributed by atoms with Gasteiger partial charge in [0, 0.05) is 45.8 Å². The van der Waals surface area contributed by atoms with Crippen LogP contribution in [0.25, 0.3) is 0 Å². The van der Waals surface area contributed by atoms with Gasteiger partial charge in [-0.1, -0.05) is 12.1 Å². The fraction of sp³-hybridized carbons (Fsp3) is 0.474. The maximum absolute atomic E-state index is 11.6. The number of nitrogens with zero attached hydrogens (tertiary/aromatic N) is 4. The molecule has 1 amide bonds. The number of carbonyl (C=O) groups is 1. The lowest BCUT2D eigenvalue weighted by Gasteiger charge is -2.25. The van der Waals surface area contributed by atoms with Gasteiger partial charge in [-0.25, -0.2) is 9.67 Å². The molecule has 158 valence electrons. The number of aromatic nitrogens is 3. The molecule has 2 aromatic rings. The molecule has 29 heavy (non-hydrogen) atoms. The van der Waals surface area contributed by atoms with Crippen molar-refractivity contribution in [3.8, 4) is 0 Å². The molecule has 0 aliphatic carbocycles. The smallest absolute Gasteiger partial charge is 0.251 e. The molecule has 0 saturated carbocycles. The number of rotatable bonds is 6. The van der Waals surface area contributed by atoms with Crippen LogP contribution in [0.15, 0.2) is 29.3 Å². The van der Waals surface area contributed by atoms with Crippen molar-refractivity contribution in [2.75, 3.05) is 21.2 Å². The van der Waals surface area contributed by atoms with Gasteiger partial charge in [-0.2, -0.15) is 5.10 Å². The van der Waals surface area contributed by atoms with Crippen LogP contribution in [0, 0.1) is 0 Å². The topological polar surface area (TPSA) is 105 Å². The summed E-state index contributed by atoms with van der Waals surface area (Å²) in [5, 5.41) is 13.9. The molecule has 1 aliphatic heterocycles. The third kappa shape index (κ3) is 6.13. The summed E-state index contributed by atoms with van der Waals surface area (Å²) in [7, 11) is 5.02. The van der Waals surface area contributed by atoms with Gasteiger partial charge in [0.1, 0.15) is 12.4 Å². The van der Waals surface area contributed by atoms with Crippen LogP contribution in [0.4, 0.5) is 0 Å². The minimum absolute atomic E-state index is 0. The maximum Gasteiger partial charge on any atom is 0.251 e. The Bertz CT molecular complexity index is 836. The van der Waals surface area contributed by atoms with Gasteiger partial charge in [0.2, 0.25) is 0 Å². The van der Waals surface area contributed by atoms with Crippen LogP contribution in [-0.4, -0.2) is 53.9 Å². The van der Waals surface area contributed by atoms with E-state index in [0.717, 1.165) is 42.6 Å². The van der Waals surface area contributed by atoms with Crippen LogP contribution in [0.5, 0.6) is 0 Å². The number of carbonyl (C=O) groups excluding carboxylic acids is 1. The van der Waals surface area contributed by atoms with Crippen LogP contribution in [0.2, 0.25) is 0 Å². The van der Waals surface area contributed by atoms with Crippen molar-refractivity contribution in [3.63, 3.8) is 0 Å². The predicted molar refractivity (Wildman–Crippen MR) is 121 cm³/mol. The second kappa shape index (κ2) is 11.1. The molecule has 0 radical (unpaired) electrons. The van der Waals surface area contributed by atoms with Gasteiger partial charge in [-0.3, -0.25) is 9.79 Å². The number of hydrogen-bond acceptors (Lipinski definition) is 5. The van der Waals surface area contributed by atoms with Gasteiger partial charge in [-0.15, -0.1) is 24.0 Å². The Hall–Kier alpha value is -2.21. The summed E-state index contributed by atoms with van der Waals surface area (Å²) in [5.41, 5.74) is 1.72. The number of ether oxygens (including phenoxy) is 1. The summed E-state index contributed by atoms with van der Waals surface area (Å²) in [6, 6.07) is 7.73. The number of hydrogen-bond donors (Lipinski definition) is 3. The van der Waals surface area contributed by atoms with E-state index in [1.807, 2.05) is 28.9 Å². The summed E-state index contributed by atoms with van der Waals surface area (Å²) >= 11 is 0. The second-order valence-electron chi connectivity index (χ2n) is 6.64. The number of aryl methyl sites for hydroxylation is 1. The summed E-state index contributed by atoms with van der Waals surface area (Å²) in [6.07, 6.45) is 1.83. The third-order valence-corrected chi connectivity index (χ3v) is 4.64. The van der Waals surface area contributed by atoms with E-state index in [2.05, 4.69) is 31.0 Å². The molecule has 0 spiro atoms. The summed E-state index contributed by atoms with van der Waals surface area (Å²) in [4.78, 5) is 20.4. The normalized spacial score (nSPS) is 15.8. The monoisotopic (exact) mass is 513 g/mol. The van der Waals surface area contributed by atoms with Gasteiger partial charge < -0.3 is 20.7 Å². The van der Waals surface area contributed by atoms with Crippen molar-refractivity contribution < 1.29 is 9.53 Å². The highest BCUT2D eigenvalue weighted by Crippen LogP contribution is 2.13. The first-order chi connectivity index (χ1) is 13.6. The van der Waals surface area contributed by atoms with Crippen molar-refractivity contribution in [1.29, 1.82) is 0 Å². The summed E-state index contributed by atoms with van der Waals surface area (Å²) < 4.78 is 7.05. The van der Waals surface area contributed by atoms with E-state index in [1.165, 1.54) is 0 Å². The van der Waals surface area contributed by atoms with Gasteiger partial charge in [0.15, 0.2) is 11.8 Å². The average molecular weight is 513 g/mol. The number of guanidine groups is 1. The zero-order valence-corrected chi connectivity index (χ0v) is 19.3. The fourth-order valence-corrected chi connectivity index (χ4v) is 3.16. The van der Waals surface area contributed by atoms with E-state index in [-0.39, 0.29) is 35.9 Å². The zero-order chi connectivity index (χ0) is 19.9. The number of fused-ring (bicyclic) bond motifs is 1. The third-order valence-electron chi connectivity index (χ3n) is 4.64. The number of aliphatic imine (C=N–C) groups is 1. The molecule has 3 rings (SSSR count). The van der Waals surface area contributed by atoms with Gasteiger partial charge in [0.25, 0.3) is 5.91 Å². The first-order valence-corrected chi connectivity index (χ1v) is 9.32. The van der Waals surface area contributed by atoms with Crippen molar-refractivity contribution in [2.45, 2.75) is 38.6 Å². The zero-order valence-electron chi connectivity index (χ0n) is 16.9. The molecule has 2 heterocycles. The Labute approximate surface area is 187 Å². The first-order valence-electron chi connectivity index (χ1n) is 9.32. The van der Waals surface area contributed by atoms with Crippen LogP contribution in [0.1, 0.15) is 34.0 Å². The van der Waals surface area contributed by atoms with Gasteiger partial charge >= 0.3 is 0 Å². The lowest BCUT2D eigenvalue weighted by atomic mass is 10.1. The highest BCUT2D eigenvalue weighted by atomic mass is 127. The minimum Gasteiger partial charge on any atom is -0.377 e. The number of benzene rings is 1. The molecule has 1 unspecified atom stereocenters. The molecule has 3 N–H and O–H groups in total. The number of amides is 1. The predicted octanol–water partition coefficient (Wildman–Crippen LogP) is 1.08. The highest BCUT2D eigenvalue weighted by molar-refractivity contribution is 14.0. The lowest BCUT2D eigenvalue weighted by Crippen LogP contribution is -2.46. The number of nitrogens with one attached hydrogen (secondary N) is 3. The van der Waals surface area contributed by atoms with E-state index >= 15 is 0 Å². The van der Waals surface area contributed by atoms with Crippen LogP contribution in [-0.2, 0) is 30.9 Å². The fourth-order valence-electron chi connectivity index (χ4n) is 3.16. The van der Waals surface area contributed by atoms with Crippen LogP contribution >= 0.6 is 24.0 Å². The molecule has 1 aromatic carbocycles. The molecule has 0 fully saturated rings. The quantitative estimate of drug-likeness (QED) is 0.304. The molecular weight excluding hydrogens is 485 g/mol. The van der Waals surface area contributed by atoms with Crippen LogP contribution < -0.4 is 16.0 Å². The Morgan fingerprint density at radius 2 is 2.10 bits per heavy atom. The van der Waals surface area contributed by atoms with E-state index in [4.69, 9.17) is 4.74 Å². The lowest BCUT2D eigenvalue weighted by molar-refractivity contribution is 0.0963. The van der Waals surface area contributed by atoms with E-state index in [0.29, 0.717) is 18.7 Å². The minimum atomic E-state index is -0.0876. The van der Waals surface area contributed by atoms with Crippen molar-refractivity contribution in [1.82, 2.24) is 30.7 Å². The highest BCUT2D eigenvalue weighted by Gasteiger charge is 2.22. The van der Waals surface area contributed by atoms with Crippen molar-refractivity contribution in [3.05, 3.63) is 47.0 Å². The standard InChI is InChI=1S/C19H27N7O2.HI/c1-20-18(27)14-6-4-13(5-7-14)10-22-19(21-2)23-15-8-9-17-24-16(12-28-3)25-26(17)11-15;/h4-7,15H,8-12H2,1-3H3,(H,20,27)(H2,21,22,23);1H. The second-order valence-corrected chi connectivity index (χ2v) is 6.64. The van der Waals surface area contributed by atoms with E-state index < -0.39 is 0 Å². The SMILES string of the molecule is CN=C(NCc1ccc(C(=O)NC)cc1)NC1CCc2nc(COC)nn2C1.I. The Morgan fingerprint density at radius 3 is 2.76 bits per heavy atom. The van der Waals surface area contributed by atoms with E-state index in [1.54, 1.807) is 21.2 Å². The summed E-state index contributed by atoms with van der Waals surface area (Å²) in [6.45, 7) is 1.79. The number of halogens is 1. The maximum atomic E-state index is 11.6. The molecular formula is C19H28IN7O2. The van der Waals surface area contributed by atoms with Gasteiger partial charge in [-0.05, 0) is 24.1 Å². The van der Waals surface area contributed by atoms with Gasteiger partial charge in [0.05, 0.1) is 6.54 Å². The molecule has 10 heteroatoms. The summed E-state index contributed by atoms with van der Waals surface area (Å²) in [5.74, 6) is 2.38. The van der Waals surface area contributed by atoms with Crippen LogP contribution in [0.3, 0.4) is 0 Å². The molecule has 1 aromatic heterocycles. The average Bonchev–Trinajstić information content (AvgIpc) is 3.12. The molecule has 9 nitrogen and oxygen atoms in total. The molecule has 1 aliphatic rings. The number of methoxy groups -OCH3 is 1. The Kier molecular flexibility index (Phi) is 8.83. The van der Waals surface area contributed by atoms with E-state index in [9.17, 15) is 4.79 Å².